The average Bonchev–Trinajstić information content (AvgIpc) is 2.24. The van der Waals surface area contributed by atoms with Crippen molar-refractivity contribution in [2.24, 2.45) is 5.41 Å². The lowest BCUT2D eigenvalue weighted by Gasteiger charge is -2.27. The van der Waals surface area contributed by atoms with Gasteiger partial charge < -0.3 is 10.1 Å². The van der Waals surface area contributed by atoms with Crippen LogP contribution >= 0.6 is 0 Å². The summed E-state index contributed by atoms with van der Waals surface area (Å²) in [6.07, 6.45) is 0.920. The predicted octanol–water partition coefficient (Wildman–Crippen LogP) is 3.53. The molecule has 1 rings (SSSR count). The predicted molar refractivity (Wildman–Crippen MR) is 68.8 cm³/mol. The molecule has 1 unspecified atom stereocenters. The number of methoxy groups -OCH3 is 1. The number of benzene rings is 1. The summed E-state index contributed by atoms with van der Waals surface area (Å²) in [4.78, 5) is 0. The summed E-state index contributed by atoms with van der Waals surface area (Å²) < 4.78 is 18.6. The fourth-order valence-corrected chi connectivity index (χ4v) is 1.96. The summed E-state index contributed by atoms with van der Waals surface area (Å²) in [5, 5.41) is 3.23. The third-order valence-corrected chi connectivity index (χ3v) is 2.73. The monoisotopic (exact) mass is 239 g/mol. The molecule has 1 aromatic carbocycles. The molecule has 0 amide bonds. The first kappa shape index (κ1) is 14.0. The van der Waals surface area contributed by atoms with Crippen molar-refractivity contribution in [3.8, 4) is 5.75 Å². The smallest absolute Gasteiger partial charge is 0.123 e. The lowest BCUT2D eigenvalue weighted by Crippen LogP contribution is -2.23. The van der Waals surface area contributed by atoms with Crippen LogP contribution in [0.1, 0.15) is 38.8 Å². The average molecular weight is 239 g/mol. The van der Waals surface area contributed by atoms with Crippen LogP contribution in [-0.2, 0) is 0 Å². The lowest BCUT2D eigenvalue weighted by atomic mass is 9.85. The van der Waals surface area contributed by atoms with Gasteiger partial charge in [-0.3, -0.25) is 0 Å². The van der Waals surface area contributed by atoms with E-state index in [4.69, 9.17) is 4.74 Å². The fraction of sp³-hybridized carbons (Fsp3) is 0.571. The second-order valence-electron chi connectivity index (χ2n) is 5.49. The van der Waals surface area contributed by atoms with E-state index in [1.807, 2.05) is 7.05 Å². The number of nitrogens with one attached hydrogen (secondary N) is 1. The van der Waals surface area contributed by atoms with Gasteiger partial charge in [-0.05, 0) is 37.1 Å². The second-order valence-corrected chi connectivity index (χ2v) is 5.49. The van der Waals surface area contributed by atoms with E-state index in [-0.39, 0.29) is 17.3 Å². The van der Waals surface area contributed by atoms with Gasteiger partial charge in [0, 0.05) is 11.6 Å². The second kappa shape index (κ2) is 5.50. The molecule has 0 aliphatic carbocycles. The molecule has 3 heteroatoms. The Morgan fingerprint density at radius 2 is 2.00 bits per heavy atom. The summed E-state index contributed by atoms with van der Waals surface area (Å²) >= 11 is 0. The number of rotatable bonds is 4. The highest BCUT2D eigenvalue weighted by atomic mass is 19.1. The Hall–Kier alpha value is -1.09. The summed E-state index contributed by atoms with van der Waals surface area (Å²) in [6, 6.07) is 4.75. The van der Waals surface area contributed by atoms with E-state index in [2.05, 4.69) is 26.1 Å². The maximum absolute atomic E-state index is 13.3. The van der Waals surface area contributed by atoms with Crippen molar-refractivity contribution in [2.45, 2.75) is 33.2 Å². The summed E-state index contributed by atoms with van der Waals surface area (Å²) in [5.41, 5.74) is 1.05. The highest BCUT2D eigenvalue weighted by Crippen LogP contribution is 2.34. The van der Waals surface area contributed by atoms with Crippen LogP contribution in [0.3, 0.4) is 0 Å². The molecule has 0 aliphatic heterocycles. The number of hydrogen-bond acceptors (Lipinski definition) is 2. The van der Waals surface area contributed by atoms with Crippen molar-refractivity contribution in [1.29, 1.82) is 0 Å². The SMILES string of the molecule is CNC(CC(C)(C)C)c1cc(F)ccc1OC. The van der Waals surface area contributed by atoms with Gasteiger partial charge in [-0.15, -0.1) is 0 Å². The highest BCUT2D eigenvalue weighted by molar-refractivity contribution is 5.36. The first-order valence-electron chi connectivity index (χ1n) is 5.88. The summed E-state index contributed by atoms with van der Waals surface area (Å²) in [7, 11) is 3.50. The van der Waals surface area contributed by atoms with Crippen molar-refractivity contribution < 1.29 is 9.13 Å². The topological polar surface area (TPSA) is 21.3 Å². The Labute approximate surface area is 103 Å². The molecular weight excluding hydrogens is 217 g/mol. The zero-order valence-corrected chi connectivity index (χ0v) is 11.3. The molecule has 0 bridgehead atoms. The zero-order valence-electron chi connectivity index (χ0n) is 11.3. The van der Waals surface area contributed by atoms with Gasteiger partial charge >= 0.3 is 0 Å². The third kappa shape index (κ3) is 4.00. The Morgan fingerprint density at radius 3 is 2.47 bits per heavy atom. The first-order chi connectivity index (χ1) is 7.87. The van der Waals surface area contributed by atoms with Crippen molar-refractivity contribution in [1.82, 2.24) is 5.32 Å². The summed E-state index contributed by atoms with van der Waals surface area (Å²) in [6.45, 7) is 6.51. The molecule has 0 aliphatic rings. The van der Waals surface area contributed by atoms with E-state index in [1.165, 1.54) is 6.07 Å². The van der Waals surface area contributed by atoms with E-state index < -0.39 is 0 Å². The minimum Gasteiger partial charge on any atom is -0.496 e. The van der Waals surface area contributed by atoms with E-state index in [0.29, 0.717) is 0 Å². The molecule has 2 nitrogen and oxygen atoms in total. The van der Waals surface area contributed by atoms with Crippen molar-refractivity contribution in [3.05, 3.63) is 29.6 Å². The van der Waals surface area contributed by atoms with Crippen molar-refractivity contribution >= 4 is 0 Å². The molecule has 0 aromatic heterocycles. The molecule has 0 radical (unpaired) electrons. The molecule has 1 N–H and O–H groups in total. The van der Waals surface area contributed by atoms with Crippen LogP contribution in [0, 0.1) is 11.2 Å². The molecule has 96 valence electrons. The fourth-order valence-electron chi connectivity index (χ4n) is 1.96. The molecule has 0 heterocycles. The molecule has 0 spiro atoms. The first-order valence-corrected chi connectivity index (χ1v) is 5.88. The Kier molecular flexibility index (Phi) is 4.52. The minimum atomic E-state index is -0.227. The van der Waals surface area contributed by atoms with Crippen molar-refractivity contribution in [3.63, 3.8) is 0 Å². The standard InChI is InChI=1S/C14H22FNO/c1-14(2,3)9-12(16-4)11-8-10(15)6-7-13(11)17-5/h6-8,12,16H,9H2,1-5H3. The Balaban J connectivity index is 3.06. The molecule has 0 fully saturated rings. The highest BCUT2D eigenvalue weighted by Gasteiger charge is 2.21. The van der Waals surface area contributed by atoms with E-state index >= 15 is 0 Å². The van der Waals surface area contributed by atoms with Crippen LogP contribution in [0.4, 0.5) is 4.39 Å². The van der Waals surface area contributed by atoms with Crippen LogP contribution in [-0.4, -0.2) is 14.2 Å². The van der Waals surface area contributed by atoms with E-state index in [0.717, 1.165) is 17.7 Å². The Morgan fingerprint density at radius 1 is 1.35 bits per heavy atom. The van der Waals surface area contributed by atoms with Gasteiger partial charge in [0.25, 0.3) is 0 Å². The largest absolute Gasteiger partial charge is 0.496 e. The zero-order chi connectivity index (χ0) is 13.1. The van der Waals surface area contributed by atoms with Crippen molar-refractivity contribution in [2.75, 3.05) is 14.2 Å². The molecule has 1 atom stereocenters. The molecular formula is C14H22FNO. The summed E-state index contributed by atoms with van der Waals surface area (Å²) in [5.74, 6) is 0.505. The van der Waals surface area contributed by atoms with Gasteiger partial charge in [-0.1, -0.05) is 20.8 Å². The van der Waals surface area contributed by atoms with E-state index in [1.54, 1.807) is 19.2 Å². The molecule has 0 saturated heterocycles. The van der Waals surface area contributed by atoms with Crippen LogP contribution < -0.4 is 10.1 Å². The maximum Gasteiger partial charge on any atom is 0.123 e. The van der Waals surface area contributed by atoms with Crippen LogP contribution in [0.2, 0.25) is 0 Å². The van der Waals surface area contributed by atoms with Crippen LogP contribution in [0.5, 0.6) is 5.75 Å². The van der Waals surface area contributed by atoms with Crippen LogP contribution in [0.15, 0.2) is 18.2 Å². The quantitative estimate of drug-likeness (QED) is 0.868. The van der Waals surface area contributed by atoms with Gasteiger partial charge in [-0.2, -0.15) is 0 Å². The third-order valence-electron chi connectivity index (χ3n) is 2.73. The number of ether oxygens (including phenoxy) is 1. The van der Waals surface area contributed by atoms with Gasteiger partial charge in [0.15, 0.2) is 0 Å². The molecule has 0 saturated carbocycles. The minimum absolute atomic E-state index is 0.0978. The lowest BCUT2D eigenvalue weighted by molar-refractivity contribution is 0.312. The normalized spacial score (nSPS) is 13.5. The molecule has 17 heavy (non-hydrogen) atoms. The maximum atomic E-state index is 13.3. The van der Waals surface area contributed by atoms with Gasteiger partial charge in [0.2, 0.25) is 0 Å². The van der Waals surface area contributed by atoms with Gasteiger partial charge in [0.1, 0.15) is 11.6 Å². The number of halogens is 1. The molecule has 1 aromatic rings. The van der Waals surface area contributed by atoms with Gasteiger partial charge in [0.05, 0.1) is 7.11 Å². The number of hydrogen-bond donors (Lipinski definition) is 1. The Bertz CT molecular complexity index is 371. The van der Waals surface area contributed by atoms with Gasteiger partial charge in [-0.25, -0.2) is 4.39 Å². The van der Waals surface area contributed by atoms with E-state index in [9.17, 15) is 4.39 Å². The van der Waals surface area contributed by atoms with Crippen LogP contribution in [0.25, 0.3) is 0 Å².